The molecule has 0 radical (unpaired) electrons. The lowest BCUT2D eigenvalue weighted by atomic mass is 10.0. The smallest absolute Gasteiger partial charge is 0.251 e. The maximum absolute atomic E-state index is 12.4. The number of ether oxygens (including phenoxy) is 1. The van der Waals surface area contributed by atoms with Crippen LogP contribution in [0.25, 0.3) is 0 Å². The van der Waals surface area contributed by atoms with E-state index in [4.69, 9.17) is 4.74 Å². The van der Waals surface area contributed by atoms with Crippen LogP contribution in [-0.2, 0) is 11.3 Å². The summed E-state index contributed by atoms with van der Waals surface area (Å²) in [5.41, 5.74) is 2.53. The molecule has 0 bridgehead atoms. The third kappa shape index (κ3) is 4.32. The summed E-state index contributed by atoms with van der Waals surface area (Å²) in [5, 5.41) is 6.38. The van der Waals surface area contributed by atoms with Crippen molar-refractivity contribution in [3.8, 4) is 0 Å². The molecule has 2 unspecified atom stereocenters. The molecule has 2 atom stereocenters. The lowest BCUT2D eigenvalue weighted by Gasteiger charge is -2.19. The lowest BCUT2D eigenvalue weighted by molar-refractivity contribution is 0.0922. The van der Waals surface area contributed by atoms with Crippen molar-refractivity contribution in [3.05, 3.63) is 59.9 Å². The first kappa shape index (κ1) is 16.5. The summed E-state index contributed by atoms with van der Waals surface area (Å²) in [6.45, 7) is 4.19. The van der Waals surface area contributed by atoms with Gasteiger partial charge in [0.1, 0.15) is 0 Å². The third-order valence-electron chi connectivity index (χ3n) is 4.36. The molecule has 2 heterocycles. The highest BCUT2D eigenvalue weighted by molar-refractivity contribution is 5.95. The van der Waals surface area contributed by atoms with Gasteiger partial charge in [0.15, 0.2) is 0 Å². The molecule has 2 N–H and O–H groups in total. The molecule has 1 amide bonds. The number of carbonyl (C=O) groups is 1. The third-order valence-corrected chi connectivity index (χ3v) is 4.36. The summed E-state index contributed by atoms with van der Waals surface area (Å²) in [5.74, 6) is 0.357. The highest BCUT2D eigenvalue weighted by atomic mass is 16.5. The summed E-state index contributed by atoms with van der Waals surface area (Å²) in [4.78, 5) is 16.7. The Bertz CT molecular complexity index is 669. The number of nitrogens with zero attached hydrogens (tertiary/aromatic N) is 1. The predicted octanol–water partition coefficient (Wildman–Crippen LogP) is 2.85. The van der Waals surface area contributed by atoms with E-state index in [1.807, 2.05) is 49.4 Å². The fourth-order valence-corrected chi connectivity index (χ4v) is 2.82. The van der Waals surface area contributed by atoms with E-state index in [-0.39, 0.29) is 11.9 Å². The summed E-state index contributed by atoms with van der Waals surface area (Å²) >= 11 is 0. The van der Waals surface area contributed by atoms with Crippen LogP contribution in [0.3, 0.4) is 0 Å². The second-order valence-electron chi connectivity index (χ2n) is 6.14. The van der Waals surface area contributed by atoms with E-state index in [2.05, 4.69) is 15.6 Å². The molecule has 24 heavy (non-hydrogen) atoms. The Balaban J connectivity index is 1.58. The zero-order chi connectivity index (χ0) is 16.8. The summed E-state index contributed by atoms with van der Waals surface area (Å²) in [6, 6.07) is 13.5. The molecule has 5 nitrogen and oxygen atoms in total. The minimum Gasteiger partial charge on any atom is -0.381 e. The zero-order valence-corrected chi connectivity index (χ0v) is 13.9. The van der Waals surface area contributed by atoms with Gasteiger partial charge in [0.05, 0.1) is 18.8 Å². The number of amides is 1. The van der Waals surface area contributed by atoms with Gasteiger partial charge in [0.2, 0.25) is 0 Å². The van der Waals surface area contributed by atoms with Gasteiger partial charge >= 0.3 is 0 Å². The monoisotopic (exact) mass is 325 g/mol. The molecule has 1 aliphatic heterocycles. The van der Waals surface area contributed by atoms with E-state index in [9.17, 15) is 4.79 Å². The minimum absolute atomic E-state index is 0.0455. The van der Waals surface area contributed by atoms with E-state index < -0.39 is 0 Å². The van der Waals surface area contributed by atoms with E-state index in [0.717, 1.165) is 31.0 Å². The van der Waals surface area contributed by atoms with Gasteiger partial charge < -0.3 is 15.4 Å². The summed E-state index contributed by atoms with van der Waals surface area (Å²) in [6.07, 6.45) is 2.78. The van der Waals surface area contributed by atoms with Crippen LogP contribution in [0.5, 0.6) is 0 Å². The number of hydrogen-bond donors (Lipinski definition) is 2. The molecule has 3 rings (SSSR count). The first-order chi connectivity index (χ1) is 11.7. The van der Waals surface area contributed by atoms with Crippen LogP contribution in [0.2, 0.25) is 0 Å². The van der Waals surface area contributed by atoms with E-state index in [1.165, 1.54) is 0 Å². The van der Waals surface area contributed by atoms with Crippen LogP contribution in [0, 0.1) is 5.92 Å². The fraction of sp³-hybridized carbons (Fsp3) is 0.368. The number of rotatable bonds is 6. The van der Waals surface area contributed by atoms with Gasteiger partial charge in [-0.25, -0.2) is 0 Å². The molecule has 0 spiro atoms. The molecule has 1 aromatic carbocycles. The largest absolute Gasteiger partial charge is 0.381 e. The fourth-order valence-electron chi connectivity index (χ4n) is 2.82. The van der Waals surface area contributed by atoms with Crippen molar-refractivity contribution in [2.45, 2.75) is 25.9 Å². The van der Waals surface area contributed by atoms with Crippen molar-refractivity contribution in [1.82, 2.24) is 10.3 Å². The maximum Gasteiger partial charge on any atom is 0.251 e. The Morgan fingerprint density at radius 3 is 3.00 bits per heavy atom. The lowest BCUT2D eigenvalue weighted by Crippen LogP contribution is -2.38. The number of hydrogen-bond acceptors (Lipinski definition) is 4. The highest BCUT2D eigenvalue weighted by Gasteiger charge is 2.23. The number of carbonyl (C=O) groups excluding carboxylic acids is 1. The van der Waals surface area contributed by atoms with Crippen molar-refractivity contribution < 1.29 is 9.53 Å². The second-order valence-corrected chi connectivity index (χ2v) is 6.14. The van der Waals surface area contributed by atoms with Gasteiger partial charge in [0, 0.05) is 36.0 Å². The Morgan fingerprint density at radius 2 is 2.25 bits per heavy atom. The van der Waals surface area contributed by atoms with Crippen molar-refractivity contribution in [1.29, 1.82) is 0 Å². The Hall–Kier alpha value is -2.40. The van der Waals surface area contributed by atoms with Crippen LogP contribution >= 0.6 is 0 Å². The molecule has 1 saturated heterocycles. The minimum atomic E-state index is -0.0455. The highest BCUT2D eigenvalue weighted by Crippen LogP contribution is 2.17. The Labute approximate surface area is 142 Å². The van der Waals surface area contributed by atoms with Crippen LogP contribution in [0.15, 0.2) is 48.7 Å². The molecule has 1 aromatic heterocycles. The van der Waals surface area contributed by atoms with Crippen LogP contribution in [0.1, 0.15) is 29.4 Å². The molecule has 126 valence electrons. The van der Waals surface area contributed by atoms with Crippen molar-refractivity contribution >= 4 is 11.6 Å². The molecule has 2 aromatic rings. The number of benzene rings is 1. The summed E-state index contributed by atoms with van der Waals surface area (Å²) in [7, 11) is 0. The van der Waals surface area contributed by atoms with Gasteiger partial charge in [-0.15, -0.1) is 0 Å². The number of anilines is 1. The topological polar surface area (TPSA) is 63.2 Å². The number of nitrogens with one attached hydrogen (secondary N) is 2. The Kier molecular flexibility index (Phi) is 5.43. The van der Waals surface area contributed by atoms with Crippen molar-refractivity contribution in [3.63, 3.8) is 0 Å². The number of aromatic nitrogens is 1. The van der Waals surface area contributed by atoms with Gasteiger partial charge in [-0.2, -0.15) is 0 Å². The first-order valence-corrected chi connectivity index (χ1v) is 8.35. The van der Waals surface area contributed by atoms with Gasteiger partial charge in [0.25, 0.3) is 5.91 Å². The van der Waals surface area contributed by atoms with Crippen LogP contribution in [0.4, 0.5) is 5.69 Å². The molecule has 1 fully saturated rings. The first-order valence-electron chi connectivity index (χ1n) is 8.35. The maximum atomic E-state index is 12.4. The van der Waals surface area contributed by atoms with Gasteiger partial charge in [-0.1, -0.05) is 12.1 Å². The molecule has 5 heteroatoms. The molecule has 1 aliphatic rings. The zero-order valence-electron chi connectivity index (χ0n) is 13.9. The van der Waals surface area contributed by atoms with E-state index >= 15 is 0 Å². The molecular weight excluding hydrogens is 302 g/mol. The SMILES string of the molecule is CC(NC(=O)c1cccc(NCc2ccccn2)c1)C1CCOC1. The normalized spacial score (nSPS) is 18.1. The van der Waals surface area contributed by atoms with Gasteiger partial charge in [-0.05, 0) is 43.7 Å². The van der Waals surface area contributed by atoms with Crippen molar-refractivity contribution in [2.75, 3.05) is 18.5 Å². The quantitative estimate of drug-likeness (QED) is 0.857. The number of pyridine rings is 1. The Morgan fingerprint density at radius 1 is 1.33 bits per heavy atom. The average molecular weight is 325 g/mol. The van der Waals surface area contributed by atoms with Crippen molar-refractivity contribution in [2.24, 2.45) is 5.92 Å². The molecular formula is C19H23N3O2. The van der Waals surface area contributed by atoms with Gasteiger partial charge in [-0.3, -0.25) is 9.78 Å². The second kappa shape index (κ2) is 7.93. The standard InChI is InChI=1S/C19H23N3O2/c1-14(16-8-10-24-13-16)22-19(23)15-5-4-7-17(11-15)21-12-18-6-2-3-9-20-18/h2-7,9,11,14,16,21H,8,10,12-13H2,1H3,(H,22,23). The molecule has 0 aliphatic carbocycles. The molecule has 0 saturated carbocycles. The van der Waals surface area contributed by atoms with Crippen LogP contribution < -0.4 is 10.6 Å². The van der Waals surface area contributed by atoms with E-state index in [1.54, 1.807) is 6.20 Å². The summed E-state index contributed by atoms with van der Waals surface area (Å²) < 4.78 is 5.39. The van der Waals surface area contributed by atoms with Crippen LogP contribution in [-0.4, -0.2) is 30.1 Å². The average Bonchev–Trinajstić information content (AvgIpc) is 3.16. The van der Waals surface area contributed by atoms with E-state index in [0.29, 0.717) is 18.0 Å². The predicted molar refractivity (Wildman–Crippen MR) is 93.9 cm³/mol.